The zero-order valence-corrected chi connectivity index (χ0v) is 18.1. The number of benzene rings is 1. The summed E-state index contributed by atoms with van der Waals surface area (Å²) in [4.78, 5) is 17.9. The third-order valence-electron chi connectivity index (χ3n) is 4.40. The smallest absolute Gasteiger partial charge is 0.283 e. The van der Waals surface area contributed by atoms with Crippen molar-refractivity contribution in [2.45, 2.75) is 6.42 Å². The maximum absolute atomic E-state index is 12.6. The van der Waals surface area contributed by atoms with E-state index in [-0.39, 0.29) is 11.4 Å². The van der Waals surface area contributed by atoms with Crippen LogP contribution in [0.1, 0.15) is 10.4 Å². The molecule has 1 aromatic heterocycles. The number of thiophene rings is 1. The minimum absolute atomic E-state index is 0.0209. The number of amides is 1. The highest BCUT2D eigenvalue weighted by Gasteiger charge is 2.35. The van der Waals surface area contributed by atoms with Crippen LogP contribution < -0.4 is 14.2 Å². The average Bonchev–Trinajstić information content (AvgIpc) is 3.40. The largest absolute Gasteiger partial charge is 0.493 e. The predicted molar refractivity (Wildman–Crippen MR) is 119 cm³/mol. The minimum atomic E-state index is -0.486. The van der Waals surface area contributed by atoms with E-state index in [1.165, 1.54) is 38.1 Å². The van der Waals surface area contributed by atoms with Crippen molar-refractivity contribution in [1.29, 1.82) is 5.41 Å². The van der Waals surface area contributed by atoms with Gasteiger partial charge in [-0.3, -0.25) is 10.2 Å². The summed E-state index contributed by atoms with van der Waals surface area (Å²) in [5, 5.41) is 17.6. The highest BCUT2D eigenvalue weighted by molar-refractivity contribution is 8.27. The Morgan fingerprint density at radius 1 is 1.17 bits per heavy atom. The number of rotatable bonds is 6. The molecule has 2 aromatic rings. The summed E-state index contributed by atoms with van der Waals surface area (Å²) in [6, 6.07) is 7.42. The van der Waals surface area contributed by atoms with Crippen LogP contribution in [0.4, 0.5) is 0 Å². The predicted octanol–water partition coefficient (Wildman–Crippen LogP) is 3.64. The maximum atomic E-state index is 12.6. The summed E-state index contributed by atoms with van der Waals surface area (Å²) in [7, 11) is 4.56. The number of aliphatic imine (C=N–C) groups is 1. The Hall–Kier alpha value is -3.11. The van der Waals surface area contributed by atoms with Crippen LogP contribution >= 0.6 is 23.1 Å². The molecule has 0 fully saturated rings. The van der Waals surface area contributed by atoms with E-state index in [4.69, 9.17) is 19.6 Å². The van der Waals surface area contributed by atoms with Crippen molar-refractivity contribution in [3.8, 4) is 17.2 Å². The first-order valence-electron chi connectivity index (χ1n) is 8.85. The van der Waals surface area contributed by atoms with Crippen molar-refractivity contribution < 1.29 is 19.0 Å². The molecule has 8 nitrogen and oxygen atoms in total. The fourth-order valence-corrected chi connectivity index (χ4v) is 4.73. The zero-order valence-electron chi connectivity index (χ0n) is 16.5. The Kier molecular flexibility index (Phi) is 5.60. The molecule has 154 valence electrons. The van der Waals surface area contributed by atoms with Crippen LogP contribution in [-0.4, -0.2) is 48.3 Å². The molecular weight excluding hydrogens is 424 g/mol. The maximum Gasteiger partial charge on any atom is 0.283 e. The lowest BCUT2D eigenvalue weighted by atomic mass is 10.1. The lowest BCUT2D eigenvalue weighted by Crippen LogP contribution is -2.35. The van der Waals surface area contributed by atoms with Gasteiger partial charge in [-0.25, -0.2) is 0 Å². The van der Waals surface area contributed by atoms with E-state index in [2.05, 4.69) is 10.1 Å². The number of ether oxygens (including phenoxy) is 3. The highest BCUT2D eigenvalue weighted by atomic mass is 32.2. The lowest BCUT2D eigenvalue weighted by molar-refractivity contribution is -0.114. The summed E-state index contributed by atoms with van der Waals surface area (Å²) < 4.78 is 16.0. The molecular formula is C20H18N4O4S2. The Bertz CT molecular complexity index is 1080. The number of amidine groups is 2. The normalized spacial score (nSPS) is 17.0. The number of hydrogen-bond acceptors (Lipinski definition) is 8. The fourth-order valence-electron chi connectivity index (χ4n) is 3.02. The molecule has 0 atom stereocenters. The second kappa shape index (κ2) is 8.33. The third kappa shape index (κ3) is 3.71. The van der Waals surface area contributed by atoms with Gasteiger partial charge in [0.2, 0.25) is 10.9 Å². The molecule has 1 aromatic carbocycles. The van der Waals surface area contributed by atoms with Crippen molar-refractivity contribution >= 4 is 51.1 Å². The van der Waals surface area contributed by atoms with Crippen molar-refractivity contribution in [1.82, 2.24) is 5.01 Å². The van der Waals surface area contributed by atoms with Gasteiger partial charge >= 0.3 is 0 Å². The van der Waals surface area contributed by atoms with Crippen LogP contribution in [0, 0.1) is 5.41 Å². The Morgan fingerprint density at radius 2 is 1.90 bits per heavy atom. The SMILES string of the molecule is COc1cc(/C=C2\C(=N)N3N=C(Cc4cccs4)SC3=NC2=O)cc(OC)c1OC. The Morgan fingerprint density at radius 3 is 2.50 bits per heavy atom. The number of hydrogen-bond donors (Lipinski definition) is 1. The van der Waals surface area contributed by atoms with Crippen molar-refractivity contribution in [3.63, 3.8) is 0 Å². The van der Waals surface area contributed by atoms with Gasteiger partial charge < -0.3 is 14.2 Å². The van der Waals surface area contributed by atoms with Crippen LogP contribution in [0.25, 0.3) is 6.08 Å². The highest BCUT2D eigenvalue weighted by Crippen LogP contribution is 2.39. The van der Waals surface area contributed by atoms with Gasteiger partial charge in [-0.15, -0.1) is 11.3 Å². The molecule has 0 unspecified atom stereocenters. The van der Waals surface area contributed by atoms with E-state index < -0.39 is 5.91 Å². The van der Waals surface area contributed by atoms with Gasteiger partial charge in [0, 0.05) is 11.3 Å². The first kappa shape index (κ1) is 20.2. The monoisotopic (exact) mass is 442 g/mol. The summed E-state index contributed by atoms with van der Waals surface area (Å²) in [6.45, 7) is 0. The van der Waals surface area contributed by atoms with E-state index in [0.29, 0.717) is 34.4 Å². The molecule has 0 radical (unpaired) electrons. The zero-order chi connectivity index (χ0) is 21.3. The van der Waals surface area contributed by atoms with Gasteiger partial charge in [0.15, 0.2) is 17.3 Å². The first-order chi connectivity index (χ1) is 14.5. The number of fused-ring (bicyclic) bond motifs is 1. The number of thioether (sulfide) groups is 1. The van der Waals surface area contributed by atoms with Gasteiger partial charge in [0.05, 0.1) is 26.9 Å². The summed E-state index contributed by atoms with van der Waals surface area (Å²) in [6.07, 6.45) is 2.22. The summed E-state index contributed by atoms with van der Waals surface area (Å²) in [5.41, 5.74) is 0.751. The molecule has 0 spiro atoms. The second-order valence-corrected chi connectivity index (χ2v) is 8.30. The minimum Gasteiger partial charge on any atom is -0.493 e. The molecule has 30 heavy (non-hydrogen) atoms. The summed E-state index contributed by atoms with van der Waals surface area (Å²) in [5.74, 6) is 0.852. The molecule has 0 bridgehead atoms. The van der Waals surface area contributed by atoms with E-state index in [9.17, 15) is 4.79 Å². The van der Waals surface area contributed by atoms with Crippen LogP contribution in [0.5, 0.6) is 17.2 Å². The molecule has 1 N–H and O–H groups in total. The standard InChI is InChI=1S/C20H18N4O4S2/c1-26-14-8-11(9-15(27-2)17(14)28-3)7-13-18(21)24-20(22-19(13)25)30-16(23-24)10-12-5-4-6-29-12/h4-9,21H,10H2,1-3H3/b13-7+,21-18?. The van der Waals surface area contributed by atoms with E-state index in [1.807, 2.05) is 17.5 Å². The van der Waals surface area contributed by atoms with E-state index in [0.717, 1.165) is 9.92 Å². The van der Waals surface area contributed by atoms with Crippen LogP contribution in [0.15, 0.2) is 45.3 Å². The Balaban J connectivity index is 1.66. The molecule has 0 saturated heterocycles. The van der Waals surface area contributed by atoms with Gasteiger partial charge in [0.1, 0.15) is 5.04 Å². The fraction of sp³-hybridized carbons (Fsp3) is 0.200. The number of nitrogens with one attached hydrogen (secondary N) is 1. The quantitative estimate of drug-likeness (QED) is 0.686. The molecule has 1 amide bonds. The first-order valence-corrected chi connectivity index (χ1v) is 10.5. The van der Waals surface area contributed by atoms with Gasteiger partial charge in [-0.1, -0.05) is 6.07 Å². The van der Waals surface area contributed by atoms with Gasteiger partial charge in [0.25, 0.3) is 5.91 Å². The molecule has 0 aliphatic carbocycles. The molecule has 4 rings (SSSR count). The molecule has 10 heteroatoms. The van der Waals surface area contributed by atoms with E-state index >= 15 is 0 Å². The van der Waals surface area contributed by atoms with Gasteiger partial charge in [-0.05, 0) is 47.0 Å². The number of carbonyl (C=O) groups is 1. The number of hydrazone groups is 1. The van der Waals surface area contributed by atoms with Crippen molar-refractivity contribution in [3.05, 3.63) is 45.7 Å². The second-order valence-electron chi connectivity index (χ2n) is 6.23. The lowest BCUT2D eigenvalue weighted by Gasteiger charge is -2.20. The van der Waals surface area contributed by atoms with Crippen molar-refractivity contribution in [2.75, 3.05) is 21.3 Å². The van der Waals surface area contributed by atoms with E-state index in [1.54, 1.807) is 29.5 Å². The number of carbonyl (C=O) groups excluding carboxylic acids is 1. The topological polar surface area (TPSA) is 96.6 Å². The average molecular weight is 443 g/mol. The molecule has 0 saturated carbocycles. The van der Waals surface area contributed by atoms with Crippen LogP contribution in [0.3, 0.4) is 0 Å². The molecule has 3 heterocycles. The van der Waals surface area contributed by atoms with Crippen LogP contribution in [-0.2, 0) is 11.2 Å². The molecule has 2 aliphatic rings. The van der Waals surface area contributed by atoms with Crippen LogP contribution in [0.2, 0.25) is 0 Å². The number of methoxy groups -OCH3 is 3. The van der Waals surface area contributed by atoms with Crippen molar-refractivity contribution in [2.24, 2.45) is 10.1 Å². The summed E-state index contributed by atoms with van der Waals surface area (Å²) >= 11 is 2.95. The third-order valence-corrected chi connectivity index (χ3v) is 6.18. The Labute approximate surface area is 181 Å². The molecule has 2 aliphatic heterocycles. The number of nitrogens with zero attached hydrogens (tertiary/aromatic N) is 3. The van der Waals surface area contributed by atoms with Gasteiger partial charge in [-0.2, -0.15) is 15.1 Å².